The van der Waals surface area contributed by atoms with E-state index >= 15 is 0 Å². The Hall–Kier alpha value is -1.88. The molecule has 0 bridgehead atoms. The minimum Gasteiger partial charge on any atom is -0.469 e. The average Bonchev–Trinajstić information content (AvgIpc) is 2.90. The molecule has 5 nitrogen and oxygen atoms in total. The van der Waals surface area contributed by atoms with Gasteiger partial charge in [0.25, 0.3) is 0 Å². The van der Waals surface area contributed by atoms with Crippen LogP contribution in [0.2, 0.25) is 0 Å². The van der Waals surface area contributed by atoms with Gasteiger partial charge in [-0.3, -0.25) is 0 Å². The summed E-state index contributed by atoms with van der Waals surface area (Å²) < 4.78 is 5.35. The quantitative estimate of drug-likeness (QED) is 0.885. The molecular weight excluding hydrogens is 264 g/mol. The SMILES string of the molecule is CCc1nnc(N(C)Cc2ccoc2C)c(CN)c1CC. The zero-order chi connectivity index (χ0) is 15.4. The van der Waals surface area contributed by atoms with Crippen molar-refractivity contribution in [1.82, 2.24) is 10.2 Å². The molecule has 0 saturated carbocycles. The van der Waals surface area contributed by atoms with Crippen LogP contribution in [0.25, 0.3) is 0 Å². The summed E-state index contributed by atoms with van der Waals surface area (Å²) >= 11 is 0. The molecule has 0 spiro atoms. The lowest BCUT2D eigenvalue weighted by molar-refractivity contribution is 0.529. The molecule has 2 heterocycles. The molecule has 0 radical (unpaired) electrons. The van der Waals surface area contributed by atoms with Crippen LogP contribution in [0.3, 0.4) is 0 Å². The van der Waals surface area contributed by atoms with Gasteiger partial charge in [-0.15, -0.1) is 5.10 Å². The van der Waals surface area contributed by atoms with Gasteiger partial charge in [0.2, 0.25) is 0 Å². The monoisotopic (exact) mass is 288 g/mol. The molecule has 2 rings (SSSR count). The maximum atomic E-state index is 5.98. The van der Waals surface area contributed by atoms with Crippen molar-refractivity contribution in [1.29, 1.82) is 0 Å². The molecule has 0 aliphatic rings. The summed E-state index contributed by atoms with van der Waals surface area (Å²) in [4.78, 5) is 2.09. The Morgan fingerprint density at radius 3 is 2.48 bits per heavy atom. The maximum absolute atomic E-state index is 5.98. The molecule has 2 aromatic rings. The largest absolute Gasteiger partial charge is 0.469 e. The fourth-order valence-electron chi connectivity index (χ4n) is 2.67. The van der Waals surface area contributed by atoms with Gasteiger partial charge in [-0.25, -0.2) is 0 Å². The van der Waals surface area contributed by atoms with Crippen molar-refractivity contribution in [3.8, 4) is 0 Å². The minimum absolute atomic E-state index is 0.482. The summed E-state index contributed by atoms with van der Waals surface area (Å²) in [5.41, 5.74) is 10.5. The summed E-state index contributed by atoms with van der Waals surface area (Å²) in [6.45, 7) is 7.42. The molecule has 5 heteroatoms. The Balaban J connectivity index is 2.36. The normalized spacial score (nSPS) is 10.9. The zero-order valence-corrected chi connectivity index (χ0v) is 13.3. The second-order valence-electron chi connectivity index (χ2n) is 5.20. The number of aryl methyl sites for hydroxylation is 2. The number of nitrogens with two attached hydrogens (primary N) is 1. The second kappa shape index (κ2) is 6.72. The van der Waals surface area contributed by atoms with E-state index in [4.69, 9.17) is 10.2 Å². The van der Waals surface area contributed by atoms with E-state index in [1.54, 1.807) is 6.26 Å². The Bertz CT molecular complexity index is 606. The van der Waals surface area contributed by atoms with Gasteiger partial charge in [0, 0.05) is 31.3 Å². The molecule has 0 atom stereocenters. The van der Waals surface area contributed by atoms with Gasteiger partial charge in [-0.05, 0) is 31.4 Å². The topological polar surface area (TPSA) is 68.2 Å². The molecule has 0 unspecified atom stereocenters. The van der Waals surface area contributed by atoms with Crippen LogP contribution < -0.4 is 10.6 Å². The lowest BCUT2D eigenvalue weighted by Gasteiger charge is -2.22. The second-order valence-corrected chi connectivity index (χ2v) is 5.20. The molecular formula is C16H24N4O. The minimum atomic E-state index is 0.482. The van der Waals surface area contributed by atoms with Crippen LogP contribution in [0.1, 0.15) is 42.0 Å². The fourth-order valence-corrected chi connectivity index (χ4v) is 2.67. The van der Waals surface area contributed by atoms with Crippen LogP contribution in [-0.2, 0) is 25.9 Å². The molecule has 0 amide bonds. The van der Waals surface area contributed by atoms with E-state index in [1.165, 1.54) is 5.56 Å². The van der Waals surface area contributed by atoms with E-state index in [1.807, 2.05) is 20.0 Å². The maximum Gasteiger partial charge on any atom is 0.156 e. The number of aromatic nitrogens is 2. The van der Waals surface area contributed by atoms with Crippen molar-refractivity contribution in [2.24, 2.45) is 5.73 Å². The number of rotatable bonds is 6. The van der Waals surface area contributed by atoms with Gasteiger partial charge in [-0.2, -0.15) is 5.10 Å². The first-order chi connectivity index (χ1) is 10.1. The summed E-state index contributed by atoms with van der Waals surface area (Å²) in [7, 11) is 2.01. The first kappa shape index (κ1) is 15.5. The highest BCUT2D eigenvalue weighted by Gasteiger charge is 2.17. The number of furan rings is 1. The fraction of sp³-hybridized carbons (Fsp3) is 0.500. The third-order valence-electron chi connectivity index (χ3n) is 3.88. The van der Waals surface area contributed by atoms with E-state index in [0.717, 1.165) is 47.8 Å². The standard InChI is InChI=1S/C16H24N4O/c1-5-13-14(9-17)16(19-18-15(13)6-2)20(4)10-12-7-8-21-11(12)3/h7-8H,5-6,9-10,17H2,1-4H3. The predicted octanol–water partition coefficient (Wildman–Crippen LogP) is 2.60. The van der Waals surface area contributed by atoms with Crippen LogP contribution in [0.15, 0.2) is 16.7 Å². The molecule has 0 aliphatic heterocycles. The lowest BCUT2D eigenvalue weighted by Crippen LogP contribution is -2.23. The smallest absolute Gasteiger partial charge is 0.156 e. The van der Waals surface area contributed by atoms with E-state index in [9.17, 15) is 0 Å². The third kappa shape index (κ3) is 3.08. The Kier molecular flexibility index (Phi) is 4.96. The average molecular weight is 288 g/mol. The summed E-state index contributed by atoms with van der Waals surface area (Å²) in [5.74, 6) is 1.80. The molecule has 0 fully saturated rings. The van der Waals surface area contributed by atoms with Crippen molar-refractivity contribution in [3.05, 3.63) is 40.5 Å². The van der Waals surface area contributed by atoms with Crippen molar-refractivity contribution in [3.63, 3.8) is 0 Å². The number of nitrogens with zero attached hydrogens (tertiary/aromatic N) is 3. The van der Waals surface area contributed by atoms with Gasteiger partial charge < -0.3 is 15.1 Å². The van der Waals surface area contributed by atoms with Crippen molar-refractivity contribution < 1.29 is 4.42 Å². The molecule has 0 aromatic carbocycles. The summed E-state index contributed by atoms with van der Waals surface area (Å²) in [6, 6.07) is 1.99. The number of anilines is 1. The van der Waals surface area contributed by atoms with E-state index in [2.05, 4.69) is 28.9 Å². The highest BCUT2D eigenvalue weighted by molar-refractivity contribution is 5.51. The van der Waals surface area contributed by atoms with E-state index in [-0.39, 0.29) is 0 Å². The van der Waals surface area contributed by atoms with E-state index < -0.39 is 0 Å². The van der Waals surface area contributed by atoms with Crippen molar-refractivity contribution in [2.75, 3.05) is 11.9 Å². The van der Waals surface area contributed by atoms with Gasteiger partial charge in [0.1, 0.15) is 5.76 Å². The summed E-state index contributed by atoms with van der Waals surface area (Å²) in [5, 5.41) is 8.78. The Morgan fingerprint density at radius 2 is 1.95 bits per heavy atom. The molecule has 2 N–H and O–H groups in total. The molecule has 0 aliphatic carbocycles. The Morgan fingerprint density at radius 1 is 1.19 bits per heavy atom. The highest BCUT2D eigenvalue weighted by Crippen LogP contribution is 2.24. The first-order valence-electron chi connectivity index (χ1n) is 7.43. The van der Waals surface area contributed by atoms with Crippen LogP contribution in [0, 0.1) is 6.92 Å². The predicted molar refractivity (Wildman–Crippen MR) is 84.2 cm³/mol. The highest BCUT2D eigenvalue weighted by atomic mass is 16.3. The van der Waals surface area contributed by atoms with Crippen LogP contribution in [0.5, 0.6) is 0 Å². The molecule has 21 heavy (non-hydrogen) atoms. The van der Waals surface area contributed by atoms with Gasteiger partial charge in [-0.1, -0.05) is 13.8 Å². The van der Waals surface area contributed by atoms with E-state index in [0.29, 0.717) is 6.54 Å². The van der Waals surface area contributed by atoms with Gasteiger partial charge in [0.05, 0.1) is 12.0 Å². The number of hydrogen-bond acceptors (Lipinski definition) is 5. The van der Waals surface area contributed by atoms with Gasteiger partial charge in [0.15, 0.2) is 5.82 Å². The van der Waals surface area contributed by atoms with Gasteiger partial charge >= 0.3 is 0 Å². The van der Waals surface area contributed by atoms with Crippen molar-refractivity contribution in [2.45, 2.75) is 46.7 Å². The molecule has 2 aromatic heterocycles. The molecule has 114 valence electrons. The third-order valence-corrected chi connectivity index (χ3v) is 3.88. The van der Waals surface area contributed by atoms with Crippen molar-refractivity contribution >= 4 is 5.82 Å². The lowest BCUT2D eigenvalue weighted by atomic mass is 10.0. The van der Waals surface area contributed by atoms with Crippen LogP contribution >= 0.6 is 0 Å². The van der Waals surface area contributed by atoms with Crippen LogP contribution in [-0.4, -0.2) is 17.2 Å². The first-order valence-corrected chi connectivity index (χ1v) is 7.43. The number of hydrogen-bond donors (Lipinski definition) is 1. The zero-order valence-electron chi connectivity index (χ0n) is 13.3. The Labute approximate surface area is 126 Å². The van der Waals surface area contributed by atoms with Crippen LogP contribution in [0.4, 0.5) is 5.82 Å². The summed E-state index contributed by atoms with van der Waals surface area (Å²) in [6.07, 6.45) is 3.52. The molecule has 0 saturated heterocycles.